The van der Waals surface area contributed by atoms with E-state index in [1.807, 2.05) is 61.5 Å². The largest absolute Gasteiger partial charge is 0.496 e. The van der Waals surface area contributed by atoms with Crippen molar-refractivity contribution < 1.29 is 9.47 Å². The number of guanidine groups is 1. The molecule has 0 heterocycles. The number of nitrogens with zero attached hydrogens (tertiary/aromatic N) is 1. The van der Waals surface area contributed by atoms with Crippen molar-refractivity contribution in [3.05, 3.63) is 60.2 Å². The number of ether oxygens (including phenoxy) is 2. The fourth-order valence-corrected chi connectivity index (χ4v) is 2.26. The molecule has 2 aromatic carbocycles. The van der Waals surface area contributed by atoms with Gasteiger partial charge in [-0.3, -0.25) is 4.99 Å². The van der Waals surface area contributed by atoms with E-state index in [9.17, 15) is 0 Å². The Labute approximate surface area is 143 Å². The van der Waals surface area contributed by atoms with Crippen molar-refractivity contribution >= 4 is 5.96 Å². The molecule has 1 unspecified atom stereocenters. The van der Waals surface area contributed by atoms with Gasteiger partial charge in [0.15, 0.2) is 5.96 Å². The molecule has 0 aromatic heterocycles. The number of benzene rings is 2. The van der Waals surface area contributed by atoms with Crippen LogP contribution in [0.3, 0.4) is 0 Å². The molecule has 0 amide bonds. The number of para-hydroxylation sites is 2. The SMILES string of the molecule is CN=C(NCc1ccccc1OC)NCC(C)Oc1ccccc1. The van der Waals surface area contributed by atoms with Crippen molar-refractivity contribution in [1.29, 1.82) is 0 Å². The second-order valence-corrected chi connectivity index (χ2v) is 5.36. The van der Waals surface area contributed by atoms with E-state index >= 15 is 0 Å². The Hall–Kier alpha value is -2.69. The summed E-state index contributed by atoms with van der Waals surface area (Å²) in [5, 5.41) is 6.55. The van der Waals surface area contributed by atoms with E-state index in [0.717, 1.165) is 23.0 Å². The molecule has 2 rings (SSSR count). The molecule has 24 heavy (non-hydrogen) atoms. The van der Waals surface area contributed by atoms with Crippen molar-refractivity contribution in [2.24, 2.45) is 4.99 Å². The van der Waals surface area contributed by atoms with Crippen LogP contribution in [0.1, 0.15) is 12.5 Å². The maximum atomic E-state index is 5.84. The first-order valence-electron chi connectivity index (χ1n) is 8.01. The fourth-order valence-electron chi connectivity index (χ4n) is 2.26. The molecule has 5 nitrogen and oxygen atoms in total. The van der Waals surface area contributed by atoms with Crippen molar-refractivity contribution in [3.63, 3.8) is 0 Å². The van der Waals surface area contributed by atoms with E-state index in [-0.39, 0.29) is 6.10 Å². The number of nitrogens with one attached hydrogen (secondary N) is 2. The fraction of sp³-hybridized carbons (Fsp3) is 0.316. The lowest BCUT2D eigenvalue weighted by molar-refractivity contribution is 0.224. The minimum absolute atomic E-state index is 0.0252. The zero-order valence-electron chi connectivity index (χ0n) is 14.5. The highest BCUT2D eigenvalue weighted by Gasteiger charge is 2.07. The summed E-state index contributed by atoms with van der Waals surface area (Å²) in [5.74, 6) is 2.45. The smallest absolute Gasteiger partial charge is 0.191 e. The Kier molecular flexibility index (Phi) is 6.95. The molecule has 5 heteroatoms. The van der Waals surface area contributed by atoms with E-state index < -0.39 is 0 Å². The van der Waals surface area contributed by atoms with Gasteiger partial charge in [-0.2, -0.15) is 0 Å². The molecule has 0 fully saturated rings. The highest BCUT2D eigenvalue weighted by Crippen LogP contribution is 2.16. The van der Waals surface area contributed by atoms with Crippen molar-refractivity contribution in [2.75, 3.05) is 20.7 Å². The zero-order valence-corrected chi connectivity index (χ0v) is 14.5. The standard InChI is InChI=1S/C19H25N3O2/c1-15(24-17-10-5-4-6-11-17)13-21-19(20-2)22-14-16-9-7-8-12-18(16)23-3/h4-12,15H,13-14H2,1-3H3,(H2,20,21,22). The monoisotopic (exact) mass is 327 g/mol. The molecular formula is C19H25N3O2. The average Bonchev–Trinajstić information content (AvgIpc) is 2.63. The van der Waals surface area contributed by atoms with Crippen LogP contribution in [0.4, 0.5) is 0 Å². The van der Waals surface area contributed by atoms with Gasteiger partial charge in [-0.1, -0.05) is 36.4 Å². The van der Waals surface area contributed by atoms with Gasteiger partial charge in [0.25, 0.3) is 0 Å². The Balaban J connectivity index is 1.80. The van der Waals surface area contributed by atoms with Crippen LogP contribution in [-0.4, -0.2) is 32.8 Å². The maximum absolute atomic E-state index is 5.84. The lowest BCUT2D eigenvalue weighted by atomic mass is 10.2. The number of rotatable bonds is 7. The molecule has 0 saturated heterocycles. The molecule has 0 aliphatic carbocycles. The summed E-state index contributed by atoms with van der Waals surface area (Å²) in [4.78, 5) is 4.24. The summed E-state index contributed by atoms with van der Waals surface area (Å²) >= 11 is 0. The Morgan fingerprint density at radius 1 is 1.04 bits per heavy atom. The van der Waals surface area contributed by atoms with Gasteiger partial charge in [-0.15, -0.1) is 0 Å². The minimum atomic E-state index is 0.0252. The summed E-state index contributed by atoms with van der Waals surface area (Å²) in [5.41, 5.74) is 1.08. The van der Waals surface area contributed by atoms with Crippen molar-refractivity contribution in [1.82, 2.24) is 10.6 Å². The van der Waals surface area contributed by atoms with Gasteiger partial charge < -0.3 is 20.1 Å². The highest BCUT2D eigenvalue weighted by molar-refractivity contribution is 5.79. The second-order valence-electron chi connectivity index (χ2n) is 5.36. The van der Waals surface area contributed by atoms with E-state index in [2.05, 4.69) is 15.6 Å². The third-order valence-electron chi connectivity index (χ3n) is 3.50. The molecule has 2 N–H and O–H groups in total. The molecule has 1 atom stereocenters. The van der Waals surface area contributed by atoms with Crippen LogP contribution in [0.2, 0.25) is 0 Å². The van der Waals surface area contributed by atoms with Gasteiger partial charge in [0.2, 0.25) is 0 Å². The summed E-state index contributed by atoms with van der Waals surface area (Å²) in [7, 11) is 3.43. The summed E-state index contributed by atoms with van der Waals surface area (Å²) in [6.07, 6.45) is 0.0252. The molecule has 0 spiro atoms. The average molecular weight is 327 g/mol. The normalized spacial score (nSPS) is 12.4. The molecule has 2 aromatic rings. The second kappa shape index (κ2) is 9.45. The summed E-state index contributed by atoms with van der Waals surface area (Å²) in [6.45, 7) is 3.31. The van der Waals surface area contributed by atoms with Crippen LogP contribution >= 0.6 is 0 Å². The van der Waals surface area contributed by atoms with Gasteiger partial charge in [-0.25, -0.2) is 0 Å². The van der Waals surface area contributed by atoms with Crippen LogP contribution in [0.25, 0.3) is 0 Å². The lowest BCUT2D eigenvalue weighted by Crippen LogP contribution is -2.41. The number of aliphatic imine (C=N–C) groups is 1. The van der Waals surface area contributed by atoms with Crippen LogP contribution in [0.5, 0.6) is 11.5 Å². The van der Waals surface area contributed by atoms with Crippen molar-refractivity contribution in [2.45, 2.75) is 19.6 Å². The first-order chi connectivity index (χ1) is 11.7. The molecular weight excluding hydrogens is 302 g/mol. The Morgan fingerprint density at radius 2 is 1.75 bits per heavy atom. The van der Waals surface area contributed by atoms with Crippen LogP contribution in [0, 0.1) is 0 Å². The number of hydrogen-bond acceptors (Lipinski definition) is 3. The van der Waals surface area contributed by atoms with Gasteiger partial charge >= 0.3 is 0 Å². The summed E-state index contributed by atoms with van der Waals surface area (Å²) in [6, 6.07) is 17.7. The van der Waals surface area contributed by atoms with Crippen LogP contribution in [-0.2, 0) is 6.54 Å². The zero-order chi connectivity index (χ0) is 17.2. The van der Waals surface area contributed by atoms with Gasteiger partial charge in [0.1, 0.15) is 17.6 Å². The van der Waals surface area contributed by atoms with E-state index in [4.69, 9.17) is 9.47 Å². The Morgan fingerprint density at radius 3 is 2.46 bits per heavy atom. The predicted octanol–water partition coefficient (Wildman–Crippen LogP) is 2.83. The maximum Gasteiger partial charge on any atom is 0.191 e. The Bertz CT molecular complexity index is 644. The first kappa shape index (κ1) is 17.7. The number of hydrogen-bond donors (Lipinski definition) is 2. The molecule has 0 radical (unpaired) electrons. The third-order valence-corrected chi connectivity index (χ3v) is 3.50. The molecule has 0 aliphatic heterocycles. The molecule has 0 saturated carbocycles. The lowest BCUT2D eigenvalue weighted by Gasteiger charge is -2.18. The molecule has 128 valence electrons. The quantitative estimate of drug-likeness (QED) is 0.606. The minimum Gasteiger partial charge on any atom is -0.496 e. The van der Waals surface area contributed by atoms with Crippen LogP contribution < -0.4 is 20.1 Å². The molecule has 0 bridgehead atoms. The van der Waals surface area contributed by atoms with Crippen LogP contribution in [0.15, 0.2) is 59.6 Å². The van der Waals surface area contributed by atoms with Crippen molar-refractivity contribution in [3.8, 4) is 11.5 Å². The first-order valence-corrected chi connectivity index (χ1v) is 8.01. The van der Waals surface area contributed by atoms with Gasteiger partial charge in [0, 0.05) is 19.2 Å². The highest BCUT2D eigenvalue weighted by atomic mass is 16.5. The van der Waals surface area contributed by atoms with E-state index in [1.54, 1.807) is 14.2 Å². The van der Waals surface area contributed by atoms with Gasteiger partial charge in [-0.05, 0) is 25.1 Å². The molecule has 0 aliphatic rings. The topological polar surface area (TPSA) is 54.9 Å². The third kappa shape index (κ3) is 5.50. The summed E-state index contributed by atoms with van der Waals surface area (Å²) < 4.78 is 11.2. The van der Waals surface area contributed by atoms with E-state index in [1.165, 1.54) is 0 Å². The van der Waals surface area contributed by atoms with Gasteiger partial charge in [0.05, 0.1) is 13.7 Å². The number of methoxy groups -OCH3 is 1. The van der Waals surface area contributed by atoms with E-state index in [0.29, 0.717) is 13.1 Å². The predicted molar refractivity (Wildman–Crippen MR) is 97.7 cm³/mol.